The smallest absolute Gasteiger partial charge is 0.342 e. The maximum absolute atomic E-state index is 12.5. The van der Waals surface area contributed by atoms with Crippen LogP contribution < -0.4 is 11.2 Å². The van der Waals surface area contributed by atoms with Crippen molar-refractivity contribution in [1.82, 2.24) is 8.54 Å². The molecule has 0 radical (unpaired) electrons. The first-order valence-corrected chi connectivity index (χ1v) is 9.08. The van der Waals surface area contributed by atoms with E-state index in [-0.39, 0.29) is 17.4 Å². The maximum atomic E-state index is 12.5. The first-order chi connectivity index (χ1) is 9.95. The maximum Gasteiger partial charge on any atom is 0.342 e. The molecule has 6 nitrogen and oxygen atoms in total. The van der Waals surface area contributed by atoms with Crippen molar-refractivity contribution >= 4 is 11.1 Å². The first kappa shape index (κ1) is 16.1. The molecular weight excluding hydrogens is 292 g/mol. The van der Waals surface area contributed by atoms with Gasteiger partial charge >= 0.3 is 5.69 Å². The summed E-state index contributed by atoms with van der Waals surface area (Å²) in [6.45, 7) is 4.72. The van der Waals surface area contributed by atoms with Gasteiger partial charge in [0, 0.05) is 18.4 Å². The molecule has 118 valence electrons. The summed E-state index contributed by atoms with van der Waals surface area (Å²) in [4.78, 5) is 24.6. The standard InChI is InChI=1S/C14H22N2O4S/c1-5-19-9-11-6-7-12(20-11)15-8-10(2)13(17)16(14(15)18)21(3)4/h6-8,11-12,21H,5,9H2,1-4H3/t11-,12+/m0/s1. The van der Waals surface area contributed by atoms with Gasteiger partial charge in [-0.05, 0) is 32.4 Å². The average Bonchev–Trinajstić information content (AvgIpc) is 2.89. The van der Waals surface area contributed by atoms with E-state index in [0.29, 0.717) is 18.8 Å². The van der Waals surface area contributed by atoms with Crippen LogP contribution in [0.3, 0.4) is 0 Å². The zero-order valence-corrected chi connectivity index (χ0v) is 13.7. The molecule has 0 fully saturated rings. The SMILES string of the molecule is CCOC[C@@H]1C=C[C@H](n2cc(C)c(=O)n([SH](C)C)c2=O)O1. The first-order valence-electron chi connectivity index (χ1n) is 6.89. The third kappa shape index (κ3) is 3.30. The molecule has 0 aromatic carbocycles. The fourth-order valence-corrected chi connectivity index (χ4v) is 3.16. The third-order valence-electron chi connectivity index (χ3n) is 3.23. The van der Waals surface area contributed by atoms with Crippen LogP contribution in [0.2, 0.25) is 0 Å². The molecule has 0 spiro atoms. The number of nitrogens with zero attached hydrogens (tertiary/aromatic N) is 2. The van der Waals surface area contributed by atoms with Crippen molar-refractivity contribution in [2.24, 2.45) is 0 Å². The van der Waals surface area contributed by atoms with Crippen LogP contribution in [-0.2, 0) is 9.47 Å². The number of aryl methyl sites for hydroxylation is 1. The van der Waals surface area contributed by atoms with Gasteiger partial charge in [-0.2, -0.15) is 11.1 Å². The number of thiol groups is 1. The van der Waals surface area contributed by atoms with Crippen molar-refractivity contribution in [3.63, 3.8) is 0 Å². The van der Waals surface area contributed by atoms with E-state index >= 15 is 0 Å². The average molecular weight is 314 g/mol. The minimum Gasteiger partial charge on any atom is -0.379 e. The fourth-order valence-electron chi connectivity index (χ4n) is 2.19. The van der Waals surface area contributed by atoms with Crippen LogP contribution in [0.15, 0.2) is 27.9 Å². The van der Waals surface area contributed by atoms with Gasteiger partial charge in [0.05, 0.1) is 6.61 Å². The zero-order valence-electron chi connectivity index (χ0n) is 12.8. The van der Waals surface area contributed by atoms with E-state index in [1.807, 2.05) is 31.6 Å². The summed E-state index contributed by atoms with van der Waals surface area (Å²) in [6, 6.07) is 0. The lowest BCUT2D eigenvalue weighted by molar-refractivity contribution is -0.0285. The number of hydrogen-bond acceptors (Lipinski definition) is 4. The second kappa shape index (κ2) is 6.64. The second-order valence-electron chi connectivity index (χ2n) is 5.08. The van der Waals surface area contributed by atoms with E-state index < -0.39 is 17.3 Å². The van der Waals surface area contributed by atoms with E-state index in [2.05, 4.69) is 0 Å². The molecule has 0 saturated carbocycles. The topological polar surface area (TPSA) is 62.5 Å². The lowest BCUT2D eigenvalue weighted by Gasteiger charge is -2.20. The zero-order chi connectivity index (χ0) is 15.6. The number of ether oxygens (including phenoxy) is 2. The second-order valence-corrected chi connectivity index (χ2v) is 7.17. The summed E-state index contributed by atoms with van der Waals surface area (Å²) in [5, 5.41) is 0. The minimum atomic E-state index is -0.838. The fraction of sp³-hybridized carbons (Fsp3) is 0.571. The molecule has 1 aromatic heterocycles. The van der Waals surface area contributed by atoms with Gasteiger partial charge < -0.3 is 9.47 Å². The predicted octanol–water partition coefficient (Wildman–Crippen LogP) is 0.832. The Morgan fingerprint density at radius 2 is 2.05 bits per heavy atom. The van der Waals surface area contributed by atoms with E-state index in [0.717, 1.165) is 0 Å². The van der Waals surface area contributed by atoms with Gasteiger partial charge in [-0.15, -0.1) is 0 Å². The Morgan fingerprint density at radius 3 is 2.67 bits per heavy atom. The van der Waals surface area contributed by atoms with Gasteiger partial charge in [0.2, 0.25) is 0 Å². The van der Waals surface area contributed by atoms with Crippen LogP contribution in [0.5, 0.6) is 0 Å². The van der Waals surface area contributed by atoms with Crippen molar-refractivity contribution in [3.8, 4) is 0 Å². The molecule has 21 heavy (non-hydrogen) atoms. The molecule has 2 atom stereocenters. The summed E-state index contributed by atoms with van der Waals surface area (Å²) < 4.78 is 13.9. The van der Waals surface area contributed by atoms with Crippen molar-refractivity contribution in [2.75, 3.05) is 25.7 Å². The molecule has 1 aliphatic rings. The van der Waals surface area contributed by atoms with Crippen LogP contribution in [-0.4, -0.2) is 40.4 Å². The van der Waals surface area contributed by atoms with Crippen molar-refractivity contribution in [3.05, 3.63) is 44.8 Å². The molecule has 0 aliphatic carbocycles. The molecule has 2 heterocycles. The molecule has 1 aliphatic heterocycles. The Hall–Kier alpha value is -1.31. The largest absolute Gasteiger partial charge is 0.379 e. The van der Waals surface area contributed by atoms with Crippen molar-refractivity contribution < 1.29 is 9.47 Å². The molecule has 7 heteroatoms. The predicted molar refractivity (Wildman–Crippen MR) is 85.5 cm³/mol. The highest BCUT2D eigenvalue weighted by molar-refractivity contribution is 8.14. The van der Waals surface area contributed by atoms with E-state index in [1.54, 1.807) is 13.1 Å². The highest BCUT2D eigenvalue weighted by atomic mass is 32.2. The van der Waals surface area contributed by atoms with E-state index in [4.69, 9.17) is 9.47 Å². The summed E-state index contributed by atoms with van der Waals surface area (Å²) in [5.41, 5.74) is -0.00955. The molecule has 0 amide bonds. The molecule has 1 aromatic rings. The van der Waals surface area contributed by atoms with Gasteiger partial charge in [-0.25, -0.2) is 8.77 Å². The van der Waals surface area contributed by atoms with Gasteiger partial charge in [0.15, 0.2) is 6.23 Å². The summed E-state index contributed by atoms with van der Waals surface area (Å²) in [7, 11) is 0. The van der Waals surface area contributed by atoms with Gasteiger partial charge in [0.1, 0.15) is 6.10 Å². The molecule has 0 N–H and O–H groups in total. The van der Waals surface area contributed by atoms with Gasteiger partial charge in [-0.3, -0.25) is 9.36 Å². The van der Waals surface area contributed by atoms with Crippen molar-refractivity contribution in [2.45, 2.75) is 26.2 Å². The summed E-state index contributed by atoms with van der Waals surface area (Å²) in [5.74, 6) is 0. The van der Waals surface area contributed by atoms with Crippen LogP contribution in [0.4, 0.5) is 0 Å². The van der Waals surface area contributed by atoms with E-state index in [1.165, 1.54) is 8.54 Å². The van der Waals surface area contributed by atoms with Gasteiger partial charge in [-0.1, -0.05) is 6.08 Å². The Labute approximate surface area is 126 Å². The lowest BCUT2D eigenvalue weighted by Crippen LogP contribution is -2.40. The number of rotatable bonds is 5. The van der Waals surface area contributed by atoms with E-state index in [9.17, 15) is 9.59 Å². The monoisotopic (exact) mass is 314 g/mol. The molecule has 2 rings (SSSR count). The Bertz CT molecular complexity index is 647. The van der Waals surface area contributed by atoms with Crippen LogP contribution in [0.1, 0.15) is 18.7 Å². The van der Waals surface area contributed by atoms with Crippen LogP contribution in [0.25, 0.3) is 0 Å². The van der Waals surface area contributed by atoms with Gasteiger partial charge in [0.25, 0.3) is 5.56 Å². The highest BCUT2D eigenvalue weighted by Gasteiger charge is 2.23. The lowest BCUT2D eigenvalue weighted by atomic mass is 10.3. The molecule has 0 bridgehead atoms. The Morgan fingerprint density at radius 1 is 1.33 bits per heavy atom. The van der Waals surface area contributed by atoms with Crippen LogP contribution >= 0.6 is 11.1 Å². The van der Waals surface area contributed by atoms with Crippen LogP contribution in [0, 0.1) is 6.92 Å². The Balaban J connectivity index is 2.33. The molecule has 0 unspecified atom stereocenters. The normalized spacial score (nSPS) is 21.8. The summed E-state index contributed by atoms with van der Waals surface area (Å²) >= 11 is -0.838. The Kier molecular flexibility index (Phi) is 5.08. The molecule has 0 saturated heterocycles. The minimum absolute atomic E-state index is 0.160. The third-order valence-corrected chi connectivity index (χ3v) is 4.38. The van der Waals surface area contributed by atoms with Crippen molar-refractivity contribution in [1.29, 1.82) is 0 Å². The quantitative estimate of drug-likeness (QED) is 0.646. The molecular formula is C14H22N2O4S. The number of hydrogen-bond donors (Lipinski definition) is 1. The number of aromatic nitrogens is 2. The summed E-state index contributed by atoms with van der Waals surface area (Å²) in [6.07, 6.45) is 8.40. The highest BCUT2D eigenvalue weighted by Crippen LogP contribution is 2.20.